The van der Waals surface area contributed by atoms with Crippen LogP contribution in [0.25, 0.3) is 11.2 Å². The summed E-state index contributed by atoms with van der Waals surface area (Å²) in [6, 6.07) is 0. The number of aliphatic hydroxyl groups is 1. The van der Waals surface area contributed by atoms with Gasteiger partial charge >= 0.3 is 0 Å². The minimum atomic E-state index is -0.397. The Morgan fingerprint density at radius 2 is 2.35 bits per heavy atom. The second-order valence-corrected chi connectivity index (χ2v) is 4.10. The third-order valence-corrected chi connectivity index (χ3v) is 2.55. The van der Waals surface area contributed by atoms with Gasteiger partial charge in [-0.15, -0.1) is 0 Å². The topological polar surface area (TPSA) is 86.7 Å². The maximum atomic E-state index is 9.64. The van der Waals surface area contributed by atoms with E-state index in [4.69, 9.17) is 11.6 Å². The largest absolute Gasteiger partial charge is 0.391 e. The molecule has 2 rings (SSSR count). The first-order valence-electron chi connectivity index (χ1n) is 5.49. The number of nitrogens with zero attached hydrogens (tertiary/aromatic N) is 3. The van der Waals surface area contributed by atoms with E-state index in [1.165, 1.54) is 6.33 Å². The molecule has 0 aliphatic rings. The predicted octanol–water partition coefficient (Wildman–Crippen LogP) is 1.58. The van der Waals surface area contributed by atoms with Crippen molar-refractivity contribution in [3.8, 4) is 0 Å². The molecular weight excluding hydrogens is 242 g/mol. The van der Waals surface area contributed by atoms with Crippen molar-refractivity contribution in [2.75, 3.05) is 11.9 Å². The number of hydrogen-bond donors (Lipinski definition) is 3. The number of hydrogen-bond acceptors (Lipinski definition) is 5. The minimum Gasteiger partial charge on any atom is -0.391 e. The fourth-order valence-corrected chi connectivity index (χ4v) is 1.75. The zero-order valence-electron chi connectivity index (χ0n) is 9.44. The molecule has 17 heavy (non-hydrogen) atoms. The number of aliphatic hydroxyl groups excluding tert-OH is 1. The van der Waals surface area contributed by atoms with E-state index in [0.717, 1.165) is 12.8 Å². The summed E-state index contributed by atoms with van der Waals surface area (Å²) in [5, 5.41) is 12.8. The molecule has 1 unspecified atom stereocenters. The van der Waals surface area contributed by atoms with E-state index in [9.17, 15) is 5.11 Å². The van der Waals surface area contributed by atoms with Crippen molar-refractivity contribution >= 4 is 28.6 Å². The summed E-state index contributed by atoms with van der Waals surface area (Å²) in [4.78, 5) is 15.0. The Bertz CT molecular complexity index is 500. The van der Waals surface area contributed by atoms with Crippen LogP contribution in [-0.2, 0) is 0 Å². The smallest absolute Gasteiger partial charge is 0.226 e. The highest BCUT2D eigenvalue weighted by atomic mass is 35.5. The third kappa shape index (κ3) is 2.83. The molecule has 92 valence electrons. The van der Waals surface area contributed by atoms with E-state index in [-0.39, 0.29) is 5.28 Å². The molecule has 7 heteroatoms. The Kier molecular flexibility index (Phi) is 3.75. The van der Waals surface area contributed by atoms with Gasteiger partial charge in [-0.25, -0.2) is 4.98 Å². The van der Waals surface area contributed by atoms with Gasteiger partial charge in [0, 0.05) is 6.54 Å². The quantitative estimate of drug-likeness (QED) is 0.706. The van der Waals surface area contributed by atoms with Crippen molar-refractivity contribution in [1.82, 2.24) is 19.9 Å². The minimum absolute atomic E-state index is 0.136. The standard InChI is InChI=1S/C10H14ClN5O/c1-2-3-6(17)4-12-8-7-9(14-5-13-7)16-10(11)15-8/h5-6,17H,2-4H2,1H3,(H2,12,13,14,15,16). The van der Waals surface area contributed by atoms with Crippen LogP contribution >= 0.6 is 11.6 Å². The molecule has 0 radical (unpaired) electrons. The number of fused-ring (bicyclic) bond motifs is 1. The predicted molar refractivity (Wildman–Crippen MR) is 66.1 cm³/mol. The Balaban J connectivity index is 2.14. The first-order chi connectivity index (χ1) is 8.20. The molecule has 0 spiro atoms. The van der Waals surface area contributed by atoms with E-state index in [1.54, 1.807) is 0 Å². The fourth-order valence-electron chi connectivity index (χ4n) is 1.58. The van der Waals surface area contributed by atoms with Gasteiger partial charge < -0.3 is 15.4 Å². The highest BCUT2D eigenvalue weighted by molar-refractivity contribution is 6.28. The molecule has 2 aromatic heterocycles. The van der Waals surface area contributed by atoms with Crippen molar-refractivity contribution < 1.29 is 5.11 Å². The van der Waals surface area contributed by atoms with E-state index in [0.29, 0.717) is 23.5 Å². The summed E-state index contributed by atoms with van der Waals surface area (Å²) in [7, 11) is 0. The lowest BCUT2D eigenvalue weighted by Crippen LogP contribution is -2.19. The lowest BCUT2D eigenvalue weighted by Gasteiger charge is -2.11. The average Bonchev–Trinajstić information content (AvgIpc) is 2.74. The van der Waals surface area contributed by atoms with E-state index < -0.39 is 6.10 Å². The second-order valence-electron chi connectivity index (χ2n) is 3.77. The molecule has 0 aromatic carbocycles. The Morgan fingerprint density at radius 3 is 3.12 bits per heavy atom. The van der Waals surface area contributed by atoms with Crippen LogP contribution in [0.3, 0.4) is 0 Å². The zero-order chi connectivity index (χ0) is 12.3. The van der Waals surface area contributed by atoms with Crippen LogP contribution in [-0.4, -0.2) is 37.7 Å². The molecule has 0 bridgehead atoms. The van der Waals surface area contributed by atoms with Crippen molar-refractivity contribution in [2.45, 2.75) is 25.9 Å². The fraction of sp³-hybridized carbons (Fsp3) is 0.500. The lowest BCUT2D eigenvalue weighted by atomic mass is 10.2. The Morgan fingerprint density at radius 1 is 1.53 bits per heavy atom. The number of imidazole rings is 1. The number of halogens is 1. The molecule has 0 aliphatic carbocycles. The first kappa shape index (κ1) is 12.1. The zero-order valence-corrected chi connectivity index (χ0v) is 10.2. The van der Waals surface area contributed by atoms with Gasteiger partial charge in [-0.2, -0.15) is 9.97 Å². The molecule has 2 aromatic rings. The van der Waals surface area contributed by atoms with E-state index >= 15 is 0 Å². The van der Waals surface area contributed by atoms with Crippen molar-refractivity contribution in [2.24, 2.45) is 0 Å². The molecule has 6 nitrogen and oxygen atoms in total. The monoisotopic (exact) mass is 255 g/mol. The first-order valence-corrected chi connectivity index (χ1v) is 5.87. The summed E-state index contributed by atoms with van der Waals surface area (Å²) in [6.45, 7) is 2.45. The molecule has 3 N–H and O–H groups in total. The van der Waals surface area contributed by atoms with Crippen LogP contribution in [0.4, 0.5) is 5.82 Å². The molecule has 0 amide bonds. The SMILES string of the molecule is CCCC(O)CNc1nc(Cl)nc2nc[nH]c12. The summed E-state index contributed by atoms with van der Waals surface area (Å²) in [5.41, 5.74) is 1.20. The summed E-state index contributed by atoms with van der Waals surface area (Å²) in [6.07, 6.45) is 2.82. The Labute approximate surface area is 103 Å². The number of aromatic nitrogens is 4. The third-order valence-electron chi connectivity index (χ3n) is 2.39. The van der Waals surface area contributed by atoms with Crippen molar-refractivity contribution in [3.05, 3.63) is 11.6 Å². The Hall–Kier alpha value is -1.40. The van der Waals surface area contributed by atoms with Gasteiger partial charge in [0.2, 0.25) is 5.28 Å². The molecule has 0 aliphatic heterocycles. The highest BCUT2D eigenvalue weighted by Crippen LogP contribution is 2.18. The van der Waals surface area contributed by atoms with Crippen LogP contribution in [0.15, 0.2) is 6.33 Å². The van der Waals surface area contributed by atoms with E-state index in [1.807, 2.05) is 6.92 Å². The number of H-pyrrole nitrogens is 1. The molecular formula is C10H14ClN5O. The lowest BCUT2D eigenvalue weighted by molar-refractivity contribution is 0.176. The van der Waals surface area contributed by atoms with Gasteiger partial charge in [-0.05, 0) is 18.0 Å². The van der Waals surface area contributed by atoms with Gasteiger partial charge in [0.1, 0.15) is 5.52 Å². The van der Waals surface area contributed by atoms with E-state index in [2.05, 4.69) is 25.3 Å². The maximum Gasteiger partial charge on any atom is 0.226 e. The number of aromatic amines is 1. The van der Waals surface area contributed by atoms with Gasteiger partial charge in [0.15, 0.2) is 11.5 Å². The number of rotatable bonds is 5. The molecule has 0 saturated heterocycles. The van der Waals surface area contributed by atoms with Crippen LogP contribution in [0.5, 0.6) is 0 Å². The molecule has 2 heterocycles. The highest BCUT2D eigenvalue weighted by Gasteiger charge is 2.10. The maximum absolute atomic E-state index is 9.64. The van der Waals surface area contributed by atoms with Crippen LogP contribution in [0, 0.1) is 0 Å². The normalized spacial score (nSPS) is 12.9. The summed E-state index contributed by atoms with van der Waals surface area (Å²) < 4.78 is 0. The van der Waals surface area contributed by atoms with Crippen LogP contribution in [0.1, 0.15) is 19.8 Å². The molecule has 0 fully saturated rings. The number of anilines is 1. The van der Waals surface area contributed by atoms with Gasteiger partial charge in [-0.3, -0.25) is 0 Å². The second kappa shape index (κ2) is 5.29. The van der Waals surface area contributed by atoms with Crippen LogP contribution in [0.2, 0.25) is 5.28 Å². The van der Waals surface area contributed by atoms with Crippen LogP contribution < -0.4 is 5.32 Å². The van der Waals surface area contributed by atoms with Gasteiger partial charge in [-0.1, -0.05) is 13.3 Å². The molecule has 1 atom stereocenters. The van der Waals surface area contributed by atoms with Gasteiger partial charge in [0.05, 0.1) is 12.4 Å². The average molecular weight is 256 g/mol. The van der Waals surface area contributed by atoms with Crippen molar-refractivity contribution in [1.29, 1.82) is 0 Å². The molecule has 0 saturated carbocycles. The number of nitrogens with one attached hydrogen (secondary N) is 2. The van der Waals surface area contributed by atoms with Crippen molar-refractivity contribution in [3.63, 3.8) is 0 Å². The summed E-state index contributed by atoms with van der Waals surface area (Å²) >= 11 is 5.78. The van der Waals surface area contributed by atoms with Gasteiger partial charge in [0.25, 0.3) is 0 Å². The summed E-state index contributed by atoms with van der Waals surface area (Å²) in [5.74, 6) is 0.563.